The summed E-state index contributed by atoms with van der Waals surface area (Å²) >= 11 is 0. The number of hydrogen-bond acceptors (Lipinski definition) is 4. The molecule has 2 amide bonds. The Hall–Kier alpha value is -3.10. The molecule has 0 aliphatic carbocycles. The number of hydrogen-bond donors (Lipinski definition) is 1. The SMILES string of the molecule is O=C(c1ccc(F)c(F)c1)N1CCN(C(=O)c2ccc(=O)[nH]n2)CC1. The van der Waals surface area contributed by atoms with Gasteiger partial charge in [0.1, 0.15) is 5.69 Å². The summed E-state index contributed by atoms with van der Waals surface area (Å²) in [5, 5.41) is 5.88. The van der Waals surface area contributed by atoms with Gasteiger partial charge in [-0.3, -0.25) is 14.4 Å². The highest BCUT2D eigenvalue weighted by Crippen LogP contribution is 2.13. The molecule has 0 radical (unpaired) electrons. The van der Waals surface area contributed by atoms with Crippen molar-refractivity contribution in [3.05, 3.63) is 63.6 Å². The molecular weight excluding hydrogens is 334 g/mol. The van der Waals surface area contributed by atoms with Gasteiger partial charge in [0.25, 0.3) is 17.4 Å². The Morgan fingerprint density at radius 1 is 0.920 bits per heavy atom. The Morgan fingerprint density at radius 3 is 2.12 bits per heavy atom. The third-order valence-corrected chi connectivity index (χ3v) is 3.92. The van der Waals surface area contributed by atoms with Crippen molar-refractivity contribution in [1.29, 1.82) is 0 Å². The summed E-state index contributed by atoms with van der Waals surface area (Å²) in [5.74, 6) is -2.87. The molecule has 1 aliphatic rings. The molecule has 1 saturated heterocycles. The van der Waals surface area contributed by atoms with E-state index in [9.17, 15) is 23.2 Å². The minimum Gasteiger partial charge on any atom is -0.335 e. The summed E-state index contributed by atoms with van der Waals surface area (Å²) in [7, 11) is 0. The first-order chi connectivity index (χ1) is 12.0. The summed E-state index contributed by atoms with van der Waals surface area (Å²) in [6.45, 7) is 1.06. The van der Waals surface area contributed by atoms with Crippen LogP contribution in [0.2, 0.25) is 0 Å². The number of piperazine rings is 1. The first kappa shape index (κ1) is 16.7. The Kier molecular flexibility index (Phi) is 4.55. The lowest BCUT2D eigenvalue weighted by Crippen LogP contribution is -2.50. The summed E-state index contributed by atoms with van der Waals surface area (Å²) in [6, 6.07) is 5.54. The van der Waals surface area contributed by atoms with Crippen molar-refractivity contribution >= 4 is 11.8 Å². The van der Waals surface area contributed by atoms with Crippen molar-refractivity contribution in [2.45, 2.75) is 0 Å². The average molecular weight is 348 g/mol. The fourth-order valence-corrected chi connectivity index (χ4v) is 2.55. The molecule has 3 rings (SSSR count). The van der Waals surface area contributed by atoms with Crippen molar-refractivity contribution in [1.82, 2.24) is 20.0 Å². The number of aromatic amines is 1. The molecule has 1 aromatic carbocycles. The fraction of sp³-hybridized carbons (Fsp3) is 0.250. The summed E-state index contributed by atoms with van der Waals surface area (Å²) in [4.78, 5) is 38.6. The number of H-pyrrole nitrogens is 1. The van der Waals surface area contributed by atoms with Gasteiger partial charge in [-0.2, -0.15) is 5.10 Å². The van der Waals surface area contributed by atoms with Crippen LogP contribution in [0.3, 0.4) is 0 Å². The quantitative estimate of drug-likeness (QED) is 0.863. The van der Waals surface area contributed by atoms with Crippen LogP contribution < -0.4 is 5.56 Å². The molecule has 1 fully saturated rings. The zero-order chi connectivity index (χ0) is 18.0. The van der Waals surface area contributed by atoms with Crippen LogP contribution in [0.25, 0.3) is 0 Å². The zero-order valence-electron chi connectivity index (χ0n) is 13.0. The number of carbonyl (C=O) groups is 2. The second-order valence-electron chi connectivity index (χ2n) is 5.52. The molecule has 0 spiro atoms. The predicted molar refractivity (Wildman–Crippen MR) is 83.0 cm³/mol. The maximum atomic E-state index is 13.3. The van der Waals surface area contributed by atoms with Crippen molar-refractivity contribution in [2.75, 3.05) is 26.2 Å². The monoisotopic (exact) mass is 348 g/mol. The average Bonchev–Trinajstić information content (AvgIpc) is 2.63. The largest absolute Gasteiger partial charge is 0.335 e. The van der Waals surface area contributed by atoms with Gasteiger partial charge in [0, 0.05) is 37.8 Å². The van der Waals surface area contributed by atoms with Crippen LogP contribution in [-0.2, 0) is 0 Å². The fourth-order valence-electron chi connectivity index (χ4n) is 2.55. The van der Waals surface area contributed by atoms with Gasteiger partial charge in [-0.25, -0.2) is 13.9 Å². The molecule has 0 atom stereocenters. The molecule has 1 aromatic heterocycles. The van der Waals surface area contributed by atoms with E-state index in [1.54, 1.807) is 0 Å². The number of nitrogens with zero attached hydrogens (tertiary/aromatic N) is 3. The maximum Gasteiger partial charge on any atom is 0.274 e. The molecule has 0 unspecified atom stereocenters. The summed E-state index contributed by atoms with van der Waals surface area (Å²) in [5.41, 5.74) is -0.237. The Morgan fingerprint density at radius 2 is 1.56 bits per heavy atom. The van der Waals surface area contributed by atoms with Gasteiger partial charge in [0.2, 0.25) is 0 Å². The van der Waals surface area contributed by atoms with Crippen LogP contribution >= 0.6 is 0 Å². The van der Waals surface area contributed by atoms with E-state index < -0.39 is 23.1 Å². The number of amides is 2. The van der Waals surface area contributed by atoms with Gasteiger partial charge in [-0.15, -0.1) is 0 Å². The highest BCUT2D eigenvalue weighted by Gasteiger charge is 2.26. The Labute approximate surface area is 140 Å². The maximum absolute atomic E-state index is 13.3. The predicted octanol–water partition coefficient (Wildman–Crippen LogP) is 0.646. The van der Waals surface area contributed by atoms with Gasteiger partial charge in [-0.05, 0) is 24.3 Å². The molecule has 0 saturated carbocycles. The normalized spacial score (nSPS) is 14.5. The van der Waals surface area contributed by atoms with E-state index in [0.717, 1.165) is 12.1 Å². The van der Waals surface area contributed by atoms with Crippen LogP contribution in [0, 0.1) is 11.6 Å². The van der Waals surface area contributed by atoms with E-state index in [-0.39, 0.29) is 43.3 Å². The van der Waals surface area contributed by atoms with Crippen molar-refractivity contribution in [3.8, 4) is 0 Å². The van der Waals surface area contributed by atoms with Crippen molar-refractivity contribution < 1.29 is 18.4 Å². The smallest absolute Gasteiger partial charge is 0.274 e. The lowest BCUT2D eigenvalue weighted by Gasteiger charge is -2.34. The number of benzene rings is 1. The molecule has 1 aliphatic heterocycles. The molecule has 130 valence electrons. The zero-order valence-corrected chi connectivity index (χ0v) is 13.0. The van der Waals surface area contributed by atoms with Gasteiger partial charge >= 0.3 is 0 Å². The third-order valence-electron chi connectivity index (χ3n) is 3.92. The topological polar surface area (TPSA) is 86.4 Å². The van der Waals surface area contributed by atoms with Crippen LogP contribution in [-0.4, -0.2) is 58.0 Å². The molecule has 0 bridgehead atoms. The van der Waals surface area contributed by atoms with Crippen molar-refractivity contribution in [2.24, 2.45) is 0 Å². The number of rotatable bonds is 2. The first-order valence-corrected chi connectivity index (χ1v) is 7.55. The standard InChI is InChI=1S/C16H14F2N4O3/c17-11-2-1-10(9-12(11)18)15(24)21-5-7-22(8-6-21)16(25)13-3-4-14(23)20-19-13/h1-4,9H,5-8H2,(H,20,23). The third kappa shape index (κ3) is 3.54. The molecular formula is C16H14F2N4O3. The molecule has 25 heavy (non-hydrogen) atoms. The summed E-state index contributed by atoms with van der Waals surface area (Å²) in [6.07, 6.45) is 0. The van der Waals surface area contributed by atoms with E-state index in [2.05, 4.69) is 10.2 Å². The molecule has 2 aromatic rings. The number of carbonyl (C=O) groups excluding carboxylic acids is 2. The van der Waals surface area contributed by atoms with Gasteiger partial charge in [-0.1, -0.05) is 0 Å². The Balaban J connectivity index is 1.64. The first-order valence-electron chi connectivity index (χ1n) is 7.55. The minimum absolute atomic E-state index is 0.0565. The van der Waals surface area contributed by atoms with E-state index in [1.165, 1.54) is 28.0 Å². The van der Waals surface area contributed by atoms with Crippen molar-refractivity contribution in [3.63, 3.8) is 0 Å². The van der Waals surface area contributed by atoms with Gasteiger partial charge < -0.3 is 9.80 Å². The second kappa shape index (κ2) is 6.80. The van der Waals surface area contributed by atoms with Crippen LogP contribution in [0.4, 0.5) is 8.78 Å². The van der Waals surface area contributed by atoms with E-state index in [1.807, 2.05) is 0 Å². The molecule has 1 N–H and O–H groups in total. The summed E-state index contributed by atoms with van der Waals surface area (Å²) < 4.78 is 26.2. The molecule has 7 nitrogen and oxygen atoms in total. The minimum atomic E-state index is -1.08. The number of halogens is 2. The van der Waals surface area contributed by atoms with E-state index in [0.29, 0.717) is 0 Å². The molecule has 2 heterocycles. The van der Waals surface area contributed by atoms with Crippen LogP contribution in [0.5, 0.6) is 0 Å². The molecule has 9 heteroatoms. The van der Waals surface area contributed by atoms with Gasteiger partial charge in [0.05, 0.1) is 0 Å². The highest BCUT2D eigenvalue weighted by atomic mass is 19.2. The second-order valence-corrected chi connectivity index (χ2v) is 5.52. The number of aromatic nitrogens is 2. The van der Waals surface area contributed by atoms with E-state index >= 15 is 0 Å². The highest BCUT2D eigenvalue weighted by molar-refractivity contribution is 5.95. The van der Waals surface area contributed by atoms with Crippen LogP contribution in [0.15, 0.2) is 35.1 Å². The lowest BCUT2D eigenvalue weighted by atomic mass is 10.1. The van der Waals surface area contributed by atoms with Crippen LogP contribution in [0.1, 0.15) is 20.8 Å². The van der Waals surface area contributed by atoms with E-state index in [4.69, 9.17) is 0 Å². The van der Waals surface area contributed by atoms with Gasteiger partial charge in [0.15, 0.2) is 11.6 Å². The lowest BCUT2D eigenvalue weighted by molar-refractivity contribution is 0.0531. The Bertz CT molecular complexity index is 855. The number of nitrogens with one attached hydrogen (secondary N) is 1.